The topological polar surface area (TPSA) is 46.2 Å². The van der Waals surface area contributed by atoms with Gasteiger partial charge in [-0.15, -0.1) is 22.9 Å². The van der Waals surface area contributed by atoms with Crippen LogP contribution >= 0.6 is 46.1 Å². The van der Waals surface area contributed by atoms with Crippen molar-refractivity contribution in [2.24, 2.45) is 5.92 Å². The Balaban J connectivity index is 2.74. The zero-order valence-corrected chi connectivity index (χ0v) is 13.7. The third kappa shape index (κ3) is 4.54. The molecule has 3 nitrogen and oxygen atoms in total. The number of thiophene rings is 1. The number of sulfonamides is 1. The van der Waals surface area contributed by atoms with Gasteiger partial charge in [-0.3, -0.25) is 0 Å². The van der Waals surface area contributed by atoms with Crippen LogP contribution in [-0.4, -0.2) is 20.8 Å². The molecule has 1 atom stereocenters. The smallest absolute Gasteiger partial charge is 0.211 e. The Kier molecular flexibility index (Phi) is 6.72. The van der Waals surface area contributed by atoms with Crippen molar-refractivity contribution >= 4 is 56.2 Å². The highest BCUT2D eigenvalue weighted by molar-refractivity contribution is 7.89. The molecule has 0 spiro atoms. The summed E-state index contributed by atoms with van der Waals surface area (Å²) >= 11 is 18.3. The van der Waals surface area contributed by atoms with E-state index in [2.05, 4.69) is 4.72 Å². The Labute approximate surface area is 126 Å². The normalized spacial score (nSPS) is 13.8. The van der Waals surface area contributed by atoms with Crippen LogP contribution in [0.5, 0.6) is 0 Å². The van der Waals surface area contributed by atoms with E-state index < -0.39 is 10.0 Å². The van der Waals surface area contributed by atoms with E-state index >= 15 is 0 Å². The molecule has 1 aromatic rings. The van der Waals surface area contributed by atoms with Gasteiger partial charge in [0.15, 0.2) is 0 Å². The predicted molar refractivity (Wildman–Crippen MR) is 78.6 cm³/mol. The maximum Gasteiger partial charge on any atom is 0.242 e. The number of hydrogen-bond acceptors (Lipinski definition) is 3. The number of nitrogens with one attached hydrogen (secondary N) is 1. The SMILES string of the molecule is CCC(CCCl)CNS(=O)(=O)c1cc(Cl)sc1Cl. The minimum Gasteiger partial charge on any atom is -0.211 e. The Morgan fingerprint density at radius 3 is 2.56 bits per heavy atom. The molecule has 0 fully saturated rings. The highest BCUT2D eigenvalue weighted by Crippen LogP contribution is 2.34. The van der Waals surface area contributed by atoms with Crippen LogP contribution in [0.3, 0.4) is 0 Å². The second-order valence-corrected chi connectivity index (χ2v) is 8.19. The highest BCUT2D eigenvalue weighted by atomic mass is 35.5. The minimum atomic E-state index is -3.59. The van der Waals surface area contributed by atoms with E-state index in [0.717, 1.165) is 24.2 Å². The first kappa shape index (κ1) is 16.5. The van der Waals surface area contributed by atoms with Crippen LogP contribution in [0.25, 0.3) is 0 Å². The quantitative estimate of drug-likeness (QED) is 0.756. The Bertz CT molecular complexity index is 487. The predicted octanol–water partition coefficient (Wildman–Crippen LogP) is 3.99. The van der Waals surface area contributed by atoms with E-state index in [4.69, 9.17) is 34.8 Å². The van der Waals surface area contributed by atoms with E-state index in [0.29, 0.717) is 16.8 Å². The maximum atomic E-state index is 12.0. The molecule has 8 heteroatoms. The summed E-state index contributed by atoms with van der Waals surface area (Å²) in [5.74, 6) is 0.746. The molecule has 0 aliphatic heterocycles. The standard InChI is InChI=1S/C10H14Cl3NO2S2/c1-2-7(3-4-11)6-14-18(15,16)8-5-9(12)17-10(8)13/h5,7,14H,2-4,6H2,1H3. The third-order valence-corrected chi connectivity index (χ3v) is 5.97. The molecule has 1 N–H and O–H groups in total. The van der Waals surface area contributed by atoms with Gasteiger partial charge in [-0.1, -0.05) is 36.5 Å². The number of halogens is 3. The molecular formula is C10H14Cl3NO2S2. The monoisotopic (exact) mass is 349 g/mol. The lowest BCUT2D eigenvalue weighted by molar-refractivity contribution is 0.481. The van der Waals surface area contributed by atoms with Gasteiger partial charge in [-0.2, -0.15) is 0 Å². The van der Waals surface area contributed by atoms with Gasteiger partial charge >= 0.3 is 0 Å². The Hall–Kier alpha value is 0.480. The summed E-state index contributed by atoms with van der Waals surface area (Å²) in [5, 5.41) is 0. The average molecular weight is 351 g/mol. The van der Waals surface area contributed by atoms with Gasteiger partial charge in [0.25, 0.3) is 0 Å². The molecule has 1 rings (SSSR count). The van der Waals surface area contributed by atoms with Crippen molar-refractivity contribution in [1.29, 1.82) is 0 Å². The van der Waals surface area contributed by atoms with E-state index in [1.54, 1.807) is 0 Å². The van der Waals surface area contributed by atoms with E-state index in [-0.39, 0.29) is 15.1 Å². The second-order valence-electron chi connectivity index (χ2n) is 3.79. The van der Waals surface area contributed by atoms with Gasteiger partial charge in [-0.05, 0) is 18.4 Å². The molecule has 0 aliphatic carbocycles. The first-order valence-corrected chi connectivity index (χ1v) is 9.00. The van der Waals surface area contributed by atoms with Crippen LogP contribution in [0, 0.1) is 5.92 Å². The van der Waals surface area contributed by atoms with E-state index in [9.17, 15) is 8.42 Å². The van der Waals surface area contributed by atoms with Gasteiger partial charge in [0.2, 0.25) is 10.0 Å². The second kappa shape index (κ2) is 7.31. The first-order chi connectivity index (χ1) is 8.40. The zero-order chi connectivity index (χ0) is 13.8. The van der Waals surface area contributed by atoms with Crippen molar-refractivity contribution in [2.45, 2.75) is 24.7 Å². The van der Waals surface area contributed by atoms with E-state index in [1.165, 1.54) is 6.07 Å². The van der Waals surface area contributed by atoms with Crippen molar-refractivity contribution in [3.63, 3.8) is 0 Å². The van der Waals surface area contributed by atoms with Crippen LogP contribution in [0.2, 0.25) is 8.67 Å². The Morgan fingerprint density at radius 2 is 2.11 bits per heavy atom. The molecule has 1 aromatic heterocycles. The van der Waals surface area contributed by atoms with E-state index in [1.807, 2.05) is 6.92 Å². The average Bonchev–Trinajstić information content (AvgIpc) is 2.64. The summed E-state index contributed by atoms with van der Waals surface area (Å²) in [4.78, 5) is 0.0416. The molecular weight excluding hydrogens is 337 g/mol. The molecule has 0 saturated carbocycles. The van der Waals surface area contributed by atoms with Crippen molar-refractivity contribution in [3.8, 4) is 0 Å². The van der Waals surface area contributed by atoms with Gasteiger partial charge in [-0.25, -0.2) is 13.1 Å². The van der Waals surface area contributed by atoms with Crippen molar-refractivity contribution in [3.05, 3.63) is 14.7 Å². The van der Waals surface area contributed by atoms with Crippen molar-refractivity contribution in [1.82, 2.24) is 4.72 Å². The van der Waals surface area contributed by atoms with Crippen molar-refractivity contribution in [2.75, 3.05) is 12.4 Å². The fraction of sp³-hybridized carbons (Fsp3) is 0.600. The number of alkyl halides is 1. The van der Waals surface area contributed by atoms with Crippen molar-refractivity contribution < 1.29 is 8.42 Å². The lowest BCUT2D eigenvalue weighted by Crippen LogP contribution is -2.29. The molecule has 0 aliphatic rings. The molecule has 104 valence electrons. The van der Waals surface area contributed by atoms with Crippen LogP contribution in [0.1, 0.15) is 19.8 Å². The summed E-state index contributed by atoms with van der Waals surface area (Å²) in [6.07, 6.45) is 1.64. The fourth-order valence-corrected chi connectivity index (χ4v) is 4.99. The lowest BCUT2D eigenvalue weighted by atomic mass is 10.0. The fourth-order valence-electron chi connectivity index (χ4n) is 1.42. The number of rotatable bonds is 7. The molecule has 1 heterocycles. The summed E-state index contributed by atoms with van der Waals surface area (Å²) in [7, 11) is -3.59. The Morgan fingerprint density at radius 1 is 1.44 bits per heavy atom. The molecule has 1 unspecified atom stereocenters. The van der Waals surface area contributed by atoms with Gasteiger partial charge < -0.3 is 0 Å². The molecule has 0 radical (unpaired) electrons. The first-order valence-electron chi connectivity index (χ1n) is 5.41. The summed E-state index contributed by atoms with van der Waals surface area (Å²) in [6.45, 7) is 2.36. The molecule has 18 heavy (non-hydrogen) atoms. The summed E-state index contributed by atoms with van der Waals surface area (Å²) in [5.41, 5.74) is 0. The van der Waals surface area contributed by atoms with Gasteiger partial charge in [0.05, 0.1) is 4.34 Å². The van der Waals surface area contributed by atoms with Crippen LogP contribution in [0.15, 0.2) is 11.0 Å². The third-order valence-electron chi connectivity index (χ3n) is 2.57. The molecule has 0 bridgehead atoms. The zero-order valence-electron chi connectivity index (χ0n) is 9.75. The molecule has 0 saturated heterocycles. The maximum absolute atomic E-state index is 12.0. The number of hydrogen-bond donors (Lipinski definition) is 1. The van der Waals surface area contributed by atoms with Crippen LogP contribution < -0.4 is 4.72 Å². The van der Waals surface area contributed by atoms with Gasteiger partial charge in [0, 0.05) is 12.4 Å². The van der Waals surface area contributed by atoms with Crippen LogP contribution in [-0.2, 0) is 10.0 Å². The lowest BCUT2D eigenvalue weighted by Gasteiger charge is -2.14. The summed E-state index contributed by atoms with van der Waals surface area (Å²) < 4.78 is 27.1. The highest BCUT2D eigenvalue weighted by Gasteiger charge is 2.21. The largest absolute Gasteiger partial charge is 0.242 e. The minimum absolute atomic E-state index is 0.0416. The summed E-state index contributed by atoms with van der Waals surface area (Å²) in [6, 6.07) is 1.36. The molecule has 0 amide bonds. The molecule has 0 aromatic carbocycles. The van der Waals surface area contributed by atoms with Crippen LogP contribution in [0.4, 0.5) is 0 Å². The van der Waals surface area contributed by atoms with Gasteiger partial charge in [0.1, 0.15) is 9.23 Å².